The highest BCUT2D eigenvalue weighted by Gasteiger charge is 2.50. The zero-order valence-corrected chi connectivity index (χ0v) is 47.4. The number of carboxylic acids is 1. The van der Waals surface area contributed by atoms with Crippen LogP contribution in [0, 0.1) is 0 Å². The molecule has 6 unspecified atom stereocenters. The highest BCUT2D eigenvalue weighted by atomic mass is 16.7. The van der Waals surface area contributed by atoms with E-state index in [0.29, 0.717) is 19.3 Å². The van der Waals surface area contributed by atoms with Crippen molar-refractivity contribution in [3.8, 4) is 0 Å². The third kappa shape index (κ3) is 41.6. The summed E-state index contributed by atoms with van der Waals surface area (Å²) >= 11 is 0. The van der Waals surface area contributed by atoms with E-state index in [1.165, 1.54) is 12.8 Å². The zero-order valence-electron chi connectivity index (χ0n) is 47.4. The Morgan fingerprint density at radius 3 is 1.31 bits per heavy atom. The molecule has 0 saturated carbocycles. The van der Waals surface area contributed by atoms with Crippen molar-refractivity contribution in [2.75, 3.05) is 13.2 Å². The molecule has 6 atom stereocenters. The van der Waals surface area contributed by atoms with E-state index in [1.54, 1.807) is 0 Å². The van der Waals surface area contributed by atoms with E-state index in [-0.39, 0.29) is 25.9 Å². The van der Waals surface area contributed by atoms with Gasteiger partial charge in [-0.2, -0.15) is 0 Å². The van der Waals surface area contributed by atoms with E-state index in [9.17, 15) is 34.5 Å². The van der Waals surface area contributed by atoms with Gasteiger partial charge >= 0.3 is 23.9 Å². The lowest BCUT2D eigenvalue weighted by Crippen LogP contribution is -2.61. The molecule has 0 spiro atoms. The summed E-state index contributed by atoms with van der Waals surface area (Å²) in [7, 11) is 0. The normalized spacial score (nSPS) is 19.0. The maximum Gasteiger partial charge on any atom is 0.335 e. The number of rotatable bonds is 47. The van der Waals surface area contributed by atoms with Gasteiger partial charge in [-0.25, -0.2) is 4.79 Å². The molecule has 1 fully saturated rings. The van der Waals surface area contributed by atoms with Crippen LogP contribution in [0.3, 0.4) is 0 Å². The molecule has 77 heavy (non-hydrogen) atoms. The van der Waals surface area contributed by atoms with Gasteiger partial charge in [-0.15, -0.1) is 0 Å². The summed E-state index contributed by atoms with van der Waals surface area (Å²) in [5, 5.41) is 31.5. The van der Waals surface area contributed by atoms with Crippen molar-refractivity contribution in [3.05, 3.63) is 134 Å². The highest BCUT2D eigenvalue weighted by Crippen LogP contribution is 2.26. The summed E-state index contributed by atoms with van der Waals surface area (Å²) in [5.74, 6) is -3.30. The van der Waals surface area contributed by atoms with E-state index >= 15 is 0 Å². The molecule has 12 nitrogen and oxygen atoms in total. The van der Waals surface area contributed by atoms with Crippen LogP contribution >= 0.6 is 0 Å². The predicted octanol–water partition coefficient (Wildman–Crippen LogP) is 15.0. The Kier molecular flexibility index (Phi) is 46.8. The Bertz CT molecular complexity index is 1850. The summed E-state index contributed by atoms with van der Waals surface area (Å²) < 4.78 is 28.3. The van der Waals surface area contributed by atoms with Crippen molar-refractivity contribution in [3.63, 3.8) is 0 Å². The van der Waals surface area contributed by atoms with Crippen molar-refractivity contribution in [2.24, 2.45) is 0 Å². The molecule has 12 heteroatoms. The lowest BCUT2D eigenvalue weighted by Gasteiger charge is -2.40. The number of aliphatic hydroxyl groups excluding tert-OH is 2. The Morgan fingerprint density at radius 2 is 0.844 bits per heavy atom. The van der Waals surface area contributed by atoms with Crippen LogP contribution in [-0.2, 0) is 42.9 Å². The molecule has 0 amide bonds. The molecule has 1 heterocycles. The molecular weight excluding hydrogens is 973 g/mol. The molecule has 1 rings (SSSR count). The molecular formula is C65H100O12. The molecule has 1 aliphatic heterocycles. The first-order chi connectivity index (χ1) is 37.6. The molecule has 0 aromatic rings. The fourth-order valence-electron chi connectivity index (χ4n) is 7.78. The van der Waals surface area contributed by atoms with E-state index < -0.39 is 67.3 Å². The smallest absolute Gasteiger partial charge is 0.335 e. The van der Waals surface area contributed by atoms with Crippen LogP contribution in [0.25, 0.3) is 0 Å². The third-order valence-electron chi connectivity index (χ3n) is 12.2. The van der Waals surface area contributed by atoms with Crippen molar-refractivity contribution in [1.82, 2.24) is 0 Å². The molecule has 0 aliphatic carbocycles. The lowest BCUT2D eigenvalue weighted by atomic mass is 9.98. The Hall–Kier alpha value is -5.14. The molecule has 3 N–H and O–H groups in total. The van der Waals surface area contributed by atoms with E-state index in [0.717, 1.165) is 128 Å². The summed E-state index contributed by atoms with van der Waals surface area (Å²) in [6, 6.07) is 0. The van der Waals surface area contributed by atoms with Gasteiger partial charge in [-0.3, -0.25) is 14.4 Å². The number of aliphatic hydroxyl groups is 2. The highest BCUT2D eigenvalue weighted by molar-refractivity contribution is 5.74. The number of aliphatic carboxylic acids is 1. The van der Waals surface area contributed by atoms with Crippen molar-refractivity contribution in [1.29, 1.82) is 0 Å². The fourth-order valence-corrected chi connectivity index (χ4v) is 7.78. The zero-order chi connectivity index (χ0) is 56.1. The summed E-state index contributed by atoms with van der Waals surface area (Å²) in [6.45, 7) is 5.62. The van der Waals surface area contributed by atoms with Crippen LogP contribution < -0.4 is 0 Å². The molecule has 0 bridgehead atoms. The number of unbranched alkanes of at least 4 members (excludes halogenated alkanes) is 11. The van der Waals surface area contributed by atoms with Gasteiger partial charge in [-0.1, -0.05) is 199 Å². The van der Waals surface area contributed by atoms with Gasteiger partial charge in [-0.05, 0) is 116 Å². The molecule has 0 aromatic carbocycles. The lowest BCUT2D eigenvalue weighted by molar-refractivity contribution is -0.301. The second-order valence-electron chi connectivity index (χ2n) is 19.2. The van der Waals surface area contributed by atoms with Gasteiger partial charge in [0.2, 0.25) is 0 Å². The monoisotopic (exact) mass is 1070 g/mol. The van der Waals surface area contributed by atoms with Crippen LogP contribution in [0.2, 0.25) is 0 Å². The molecule has 0 radical (unpaired) electrons. The minimum atomic E-state index is -1.93. The maximum absolute atomic E-state index is 13.1. The average molecular weight is 1070 g/mol. The standard InChI is InChI=1S/C65H100O12/c1-4-7-10-13-16-19-22-24-26-28-29-31-32-34-37-39-42-45-48-51-57(66)73-54-56(75-58(67)52-49-46-43-40-36-21-18-15-12-9-6-3)55-74-65-63(61(70)60(69)62(77-65)64(71)72)76-59(68)53-50-47-44-41-38-35-33-30-27-25-23-20-17-14-11-8-5-2/h7-8,10-11,15-20,24-27,29,31,33-35,37,42,45,56,60-63,65,69-70H,4-6,9,12-14,21-23,28,30,32,36,38-41,43-44,46-55H2,1-3H3,(H,71,72)/b10-7-,11-8-,18-15-,19-16-,20-17-,26-24-,27-25-,31-29-,35-33-,37-34-,45-42-. The predicted molar refractivity (Wildman–Crippen MR) is 312 cm³/mol. The Balaban J connectivity index is 2.75. The minimum absolute atomic E-state index is 0.0171. The number of carbonyl (C=O) groups is 4. The largest absolute Gasteiger partial charge is 0.479 e. The number of esters is 3. The summed E-state index contributed by atoms with van der Waals surface area (Å²) in [4.78, 5) is 51.0. The number of ether oxygens (including phenoxy) is 5. The van der Waals surface area contributed by atoms with Crippen LogP contribution in [0.15, 0.2) is 134 Å². The van der Waals surface area contributed by atoms with Crippen molar-refractivity contribution in [2.45, 2.75) is 237 Å². The molecule has 0 aromatic heterocycles. The topological polar surface area (TPSA) is 175 Å². The van der Waals surface area contributed by atoms with Crippen LogP contribution in [0.5, 0.6) is 0 Å². The second kappa shape index (κ2) is 51.6. The van der Waals surface area contributed by atoms with Gasteiger partial charge in [0.05, 0.1) is 6.61 Å². The second-order valence-corrected chi connectivity index (χ2v) is 19.2. The minimum Gasteiger partial charge on any atom is -0.479 e. The first kappa shape index (κ1) is 69.9. The Labute approximate surface area is 464 Å². The average Bonchev–Trinajstić information content (AvgIpc) is 3.41. The quantitative estimate of drug-likeness (QED) is 0.0228. The molecule has 432 valence electrons. The van der Waals surface area contributed by atoms with Gasteiger partial charge in [0.15, 0.2) is 24.6 Å². The number of carboxylic acid groups (broad SMARTS) is 1. The van der Waals surface area contributed by atoms with Crippen LogP contribution in [0.4, 0.5) is 0 Å². The van der Waals surface area contributed by atoms with Gasteiger partial charge in [0, 0.05) is 19.3 Å². The maximum atomic E-state index is 13.1. The van der Waals surface area contributed by atoms with Crippen molar-refractivity contribution < 1.29 is 58.2 Å². The summed E-state index contributed by atoms with van der Waals surface area (Å²) in [5.41, 5.74) is 0. The van der Waals surface area contributed by atoms with Gasteiger partial charge in [0.1, 0.15) is 18.8 Å². The summed E-state index contributed by atoms with van der Waals surface area (Å²) in [6.07, 6.45) is 60.1. The van der Waals surface area contributed by atoms with E-state index in [4.69, 9.17) is 23.7 Å². The first-order valence-corrected chi connectivity index (χ1v) is 29.2. The third-order valence-corrected chi connectivity index (χ3v) is 12.2. The molecule has 1 saturated heterocycles. The van der Waals surface area contributed by atoms with Crippen molar-refractivity contribution >= 4 is 23.9 Å². The van der Waals surface area contributed by atoms with Gasteiger partial charge < -0.3 is 39.0 Å². The van der Waals surface area contributed by atoms with E-state index in [1.807, 2.05) is 12.2 Å². The first-order valence-electron chi connectivity index (χ1n) is 29.2. The van der Waals surface area contributed by atoms with Gasteiger partial charge in [0.25, 0.3) is 0 Å². The Morgan fingerprint density at radius 1 is 0.442 bits per heavy atom. The number of hydrogen-bond donors (Lipinski definition) is 3. The number of hydrogen-bond acceptors (Lipinski definition) is 11. The number of carbonyl (C=O) groups excluding carboxylic acids is 3. The SMILES string of the molecule is CC/C=C\C/C=C\C/C=C\C/C=C\C/C=C\C/C=C\CCC(=O)OCC(COC1OC(C(=O)O)C(O)C(O)C1OC(=O)CCCCCC/C=C\C/C=C\C/C=C\C/C=C\CC)OC(=O)CCCCCCC/C=C\CCCC. The molecule has 1 aliphatic rings. The number of allylic oxidation sites excluding steroid dienone is 22. The van der Waals surface area contributed by atoms with Crippen LogP contribution in [-0.4, -0.2) is 89.2 Å². The fraction of sp³-hybridized carbons (Fsp3) is 0.600. The van der Waals surface area contributed by atoms with E-state index in [2.05, 4.69) is 142 Å². The van der Waals surface area contributed by atoms with Crippen LogP contribution in [0.1, 0.15) is 201 Å².